The van der Waals surface area contributed by atoms with Crippen LogP contribution >= 0.6 is 11.6 Å². The van der Waals surface area contributed by atoms with Crippen LogP contribution in [0.5, 0.6) is 5.75 Å². The number of carbonyl (C=O) groups is 3. The Hall–Kier alpha value is -3.90. The first kappa shape index (κ1) is 27.1. The smallest absolute Gasteiger partial charge is 0.263 e. The van der Waals surface area contributed by atoms with E-state index < -0.39 is 5.60 Å². The van der Waals surface area contributed by atoms with Crippen LogP contribution in [0.4, 0.5) is 0 Å². The van der Waals surface area contributed by atoms with Crippen molar-refractivity contribution in [1.82, 2.24) is 10.2 Å². The van der Waals surface area contributed by atoms with Crippen molar-refractivity contribution < 1.29 is 19.1 Å². The maximum atomic E-state index is 13.0. The zero-order chi connectivity index (χ0) is 27.1. The summed E-state index contributed by atoms with van der Waals surface area (Å²) in [6.07, 6.45) is 4.76. The zero-order valence-corrected chi connectivity index (χ0v) is 22.3. The van der Waals surface area contributed by atoms with Gasteiger partial charge in [-0.15, -0.1) is 0 Å². The van der Waals surface area contributed by atoms with Gasteiger partial charge in [-0.25, -0.2) is 0 Å². The van der Waals surface area contributed by atoms with Gasteiger partial charge in [-0.3, -0.25) is 14.4 Å². The van der Waals surface area contributed by atoms with Gasteiger partial charge in [0.1, 0.15) is 5.75 Å². The quantitative estimate of drug-likeness (QED) is 0.306. The van der Waals surface area contributed by atoms with Gasteiger partial charge in [-0.1, -0.05) is 41.9 Å². The monoisotopic (exact) mass is 530 g/mol. The van der Waals surface area contributed by atoms with Crippen molar-refractivity contribution in [3.8, 4) is 5.75 Å². The van der Waals surface area contributed by atoms with Gasteiger partial charge in [0.05, 0.1) is 0 Å². The van der Waals surface area contributed by atoms with Crippen LogP contribution in [0.1, 0.15) is 48.2 Å². The van der Waals surface area contributed by atoms with Crippen LogP contribution in [0.2, 0.25) is 5.02 Å². The van der Waals surface area contributed by atoms with Crippen molar-refractivity contribution in [2.24, 2.45) is 0 Å². The van der Waals surface area contributed by atoms with Crippen LogP contribution in [0.15, 0.2) is 84.9 Å². The van der Waals surface area contributed by atoms with E-state index in [0.717, 1.165) is 5.56 Å². The fourth-order valence-electron chi connectivity index (χ4n) is 4.22. The Morgan fingerprint density at radius 3 is 2.08 bits per heavy atom. The molecule has 0 saturated carbocycles. The highest BCUT2D eigenvalue weighted by Crippen LogP contribution is 2.22. The van der Waals surface area contributed by atoms with Crippen molar-refractivity contribution in [1.29, 1.82) is 0 Å². The van der Waals surface area contributed by atoms with E-state index in [9.17, 15) is 14.4 Å². The molecule has 0 bridgehead atoms. The van der Waals surface area contributed by atoms with Gasteiger partial charge in [0, 0.05) is 41.4 Å². The van der Waals surface area contributed by atoms with E-state index in [0.29, 0.717) is 47.8 Å². The molecule has 196 valence electrons. The van der Waals surface area contributed by atoms with Crippen LogP contribution < -0.4 is 10.1 Å². The Morgan fingerprint density at radius 2 is 1.47 bits per heavy atom. The Kier molecular flexibility index (Phi) is 8.64. The number of nitrogens with one attached hydrogen (secondary N) is 1. The second-order valence-electron chi connectivity index (χ2n) is 9.79. The molecule has 1 N–H and O–H groups in total. The van der Waals surface area contributed by atoms with Crippen molar-refractivity contribution in [2.75, 3.05) is 13.1 Å². The molecule has 1 heterocycles. The van der Waals surface area contributed by atoms with Crippen molar-refractivity contribution in [3.63, 3.8) is 0 Å². The van der Waals surface area contributed by atoms with E-state index in [-0.39, 0.29) is 23.6 Å². The van der Waals surface area contributed by atoms with Gasteiger partial charge in [0.15, 0.2) is 11.4 Å². The molecule has 1 fully saturated rings. The molecular formula is C31H31ClN2O4. The molecule has 0 atom stereocenters. The molecule has 6 nitrogen and oxygen atoms in total. The fraction of sp³-hybridized carbons (Fsp3) is 0.258. The number of amides is 2. The maximum Gasteiger partial charge on any atom is 0.263 e. The molecule has 1 saturated heterocycles. The highest BCUT2D eigenvalue weighted by Gasteiger charge is 2.33. The van der Waals surface area contributed by atoms with Crippen LogP contribution in [0, 0.1) is 0 Å². The molecule has 7 heteroatoms. The minimum absolute atomic E-state index is 0.0275. The molecule has 1 aliphatic rings. The van der Waals surface area contributed by atoms with E-state index in [1.54, 1.807) is 73.4 Å². The highest BCUT2D eigenvalue weighted by atomic mass is 35.5. The molecule has 3 aromatic rings. The molecule has 4 rings (SSSR count). The summed E-state index contributed by atoms with van der Waals surface area (Å²) in [4.78, 5) is 40.0. The summed E-state index contributed by atoms with van der Waals surface area (Å²) in [6.45, 7) is 4.57. The molecule has 2 amide bonds. The van der Waals surface area contributed by atoms with Gasteiger partial charge < -0.3 is 15.0 Å². The van der Waals surface area contributed by atoms with Crippen LogP contribution in [-0.2, 0) is 9.59 Å². The number of nitrogens with zero attached hydrogens (tertiary/aromatic N) is 1. The average Bonchev–Trinajstić information content (AvgIpc) is 2.93. The van der Waals surface area contributed by atoms with E-state index in [1.165, 1.54) is 0 Å². The summed E-state index contributed by atoms with van der Waals surface area (Å²) in [5, 5.41) is 3.64. The molecule has 3 aromatic carbocycles. The normalized spacial score (nSPS) is 14.3. The third-order valence-electron chi connectivity index (χ3n) is 6.50. The van der Waals surface area contributed by atoms with Crippen LogP contribution in [0.25, 0.3) is 6.08 Å². The highest BCUT2D eigenvalue weighted by molar-refractivity contribution is 6.30. The third kappa shape index (κ3) is 7.11. The largest absolute Gasteiger partial charge is 0.478 e. The summed E-state index contributed by atoms with van der Waals surface area (Å²) in [7, 11) is 0. The third-order valence-corrected chi connectivity index (χ3v) is 6.75. The SMILES string of the molecule is CC(C)(Oc1ccc(C(=O)c2ccc(Cl)cc2)cc1)C(=O)NC1CCN(C(=O)/C=C/c2ccccc2)CC1. The van der Waals surface area contributed by atoms with E-state index in [4.69, 9.17) is 16.3 Å². The number of hydrogen-bond donors (Lipinski definition) is 1. The first-order chi connectivity index (χ1) is 18.2. The number of halogens is 1. The maximum absolute atomic E-state index is 13.0. The van der Waals surface area contributed by atoms with Crippen molar-refractivity contribution in [3.05, 3.63) is 107 Å². The topological polar surface area (TPSA) is 75.7 Å². The van der Waals surface area contributed by atoms with Gasteiger partial charge in [-0.05, 0) is 86.9 Å². The number of piperidine rings is 1. The fourth-order valence-corrected chi connectivity index (χ4v) is 4.35. The number of likely N-dealkylation sites (tertiary alicyclic amines) is 1. The van der Waals surface area contributed by atoms with E-state index >= 15 is 0 Å². The first-order valence-electron chi connectivity index (χ1n) is 12.6. The Balaban J connectivity index is 1.26. The lowest BCUT2D eigenvalue weighted by Crippen LogP contribution is -2.53. The second kappa shape index (κ2) is 12.1. The van der Waals surface area contributed by atoms with E-state index in [2.05, 4.69) is 5.32 Å². The lowest BCUT2D eigenvalue weighted by molar-refractivity contribution is -0.135. The summed E-state index contributed by atoms with van der Waals surface area (Å²) in [5.41, 5.74) is 0.921. The summed E-state index contributed by atoms with van der Waals surface area (Å²) in [6, 6.07) is 23.1. The number of ketones is 1. The van der Waals surface area contributed by atoms with Gasteiger partial charge in [0.2, 0.25) is 5.91 Å². The molecule has 1 aliphatic heterocycles. The summed E-state index contributed by atoms with van der Waals surface area (Å²) < 4.78 is 5.98. The number of rotatable bonds is 8. The lowest BCUT2D eigenvalue weighted by atomic mass is 10.0. The molecule has 0 aromatic heterocycles. The molecule has 0 radical (unpaired) electrons. The molecule has 0 spiro atoms. The Bertz CT molecular complexity index is 1290. The Labute approximate surface area is 228 Å². The van der Waals surface area contributed by atoms with E-state index in [1.807, 2.05) is 36.4 Å². The zero-order valence-electron chi connectivity index (χ0n) is 21.5. The average molecular weight is 531 g/mol. The predicted octanol–water partition coefficient (Wildman–Crippen LogP) is 5.55. The van der Waals surface area contributed by atoms with Crippen molar-refractivity contribution in [2.45, 2.75) is 38.3 Å². The van der Waals surface area contributed by atoms with Crippen LogP contribution in [-0.4, -0.2) is 47.2 Å². The van der Waals surface area contributed by atoms with Gasteiger partial charge >= 0.3 is 0 Å². The number of carbonyl (C=O) groups excluding carboxylic acids is 3. The molecule has 38 heavy (non-hydrogen) atoms. The van der Waals surface area contributed by atoms with Crippen molar-refractivity contribution >= 4 is 35.3 Å². The molecular weight excluding hydrogens is 500 g/mol. The van der Waals surface area contributed by atoms with Gasteiger partial charge in [0.25, 0.3) is 5.91 Å². The summed E-state index contributed by atoms with van der Waals surface area (Å²) >= 11 is 5.90. The minimum atomic E-state index is -1.12. The first-order valence-corrected chi connectivity index (χ1v) is 13.0. The Morgan fingerprint density at radius 1 is 0.895 bits per heavy atom. The number of benzene rings is 3. The van der Waals surface area contributed by atoms with Gasteiger partial charge in [-0.2, -0.15) is 0 Å². The second-order valence-corrected chi connectivity index (χ2v) is 10.2. The van der Waals surface area contributed by atoms with Crippen LogP contribution in [0.3, 0.4) is 0 Å². The lowest BCUT2D eigenvalue weighted by Gasteiger charge is -2.34. The number of ether oxygens (including phenoxy) is 1. The minimum Gasteiger partial charge on any atom is -0.478 e. The molecule has 0 unspecified atom stereocenters. The summed E-state index contributed by atoms with van der Waals surface area (Å²) in [5.74, 6) is 0.113. The molecule has 0 aliphatic carbocycles. The number of hydrogen-bond acceptors (Lipinski definition) is 4. The standard InChI is InChI=1S/C31H31ClN2O4/c1-31(2,38-27-15-11-24(12-16-27)29(36)23-9-13-25(32)14-10-23)30(37)33-26-18-20-34(21-19-26)28(35)17-8-22-6-4-3-5-7-22/h3-17,26H,18-21H2,1-2H3,(H,33,37)/b17-8+. The predicted molar refractivity (Wildman–Crippen MR) is 149 cm³/mol.